The minimum Gasteiger partial charge on any atom is -0.381 e. The first-order chi connectivity index (χ1) is 9.15. The van der Waals surface area contributed by atoms with E-state index in [-0.39, 0.29) is 23.9 Å². The maximum atomic E-state index is 11.8. The summed E-state index contributed by atoms with van der Waals surface area (Å²) in [5.41, 5.74) is 0. The Morgan fingerprint density at radius 3 is 2.74 bits per heavy atom. The quantitative estimate of drug-likeness (QED) is 0.721. The van der Waals surface area contributed by atoms with Crippen LogP contribution in [0.3, 0.4) is 0 Å². The van der Waals surface area contributed by atoms with E-state index < -0.39 is 0 Å². The number of likely N-dealkylation sites (tertiary alicyclic amines) is 1. The molecule has 2 N–H and O–H groups in total. The highest BCUT2D eigenvalue weighted by Gasteiger charge is 2.23. The summed E-state index contributed by atoms with van der Waals surface area (Å²) in [6.07, 6.45) is 3.17. The third-order valence-electron chi connectivity index (χ3n) is 3.76. The van der Waals surface area contributed by atoms with Crippen LogP contribution < -0.4 is 10.6 Å². The van der Waals surface area contributed by atoms with Gasteiger partial charge in [-0.05, 0) is 19.3 Å². The van der Waals surface area contributed by atoms with Crippen molar-refractivity contribution in [2.75, 3.05) is 33.4 Å². The van der Waals surface area contributed by atoms with Crippen LogP contribution in [0, 0.1) is 0 Å². The molecule has 2 fully saturated rings. The summed E-state index contributed by atoms with van der Waals surface area (Å²) in [6.45, 7) is 2.47. The van der Waals surface area contributed by atoms with E-state index in [4.69, 9.17) is 4.74 Å². The molecule has 0 saturated carbocycles. The summed E-state index contributed by atoms with van der Waals surface area (Å²) < 4.78 is 5.25. The molecule has 1 atom stereocenters. The lowest BCUT2D eigenvalue weighted by molar-refractivity contribution is -0.132. The lowest BCUT2D eigenvalue weighted by Crippen LogP contribution is -2.50. The first kappa shape index (κ1) is 14.3. The van der Waals surface area contributed by atoms with Gasteiger partial charge in [0.05, 0.1) is 6.54 Å². The van der Waals surface area contributed by atoms with Crippen molar-refractivity contribution in [2.24, 2.45) is 0 Å². The van der Waals surface area contributed by atoms with Crippen molar-refractivity contribution in [3.05, 3.63) is 0 Å². The second-order valence-corrected chi connectivity index (χ2v) is 5.34. The van der Waals surface area contributed by atoms with Crippen LogP contribution in [0.1, 0.15) is 25.7 Å². The van der Waals surface area contributed by atoms with Crippen LogP contribution in [0.25, 0.3) is 0 Å². The van der Waals surface area contributed by atoms with Crippen LogP contribution in [-0.2, 0) is 14.3 Å². The molecule has 6 heteroatoms. The Hall–Kier alpha value is -1.14. The van der Waals surface area contributed by atoms with E-state index in [2.05, 4.69) is 10.6 Å². The number of likely N-dealkylation sites (N-methyl/N-ethyl adjacent to an activating group) is 1. The molecule has 2 aliphatic rings. The van der Waals surface area contributed by atoms with Gasteiger partial charge in [-0.3, -0.25) is 9.59 Å². The Morgan fingerprint density at radius 1 is 1.32 bits per heavy atom. The van der Waals surface area contributed by atoms with E-state index in [0.29, 0.717) is 19.5 Å². The highest BCUT2D eigenvalue weighted by Crippen LogP contribution is 2.09. The minimum absolute atomic E-state index is 0.0338. The first-order valence-electron chi connectivity index (χ1n) is 6.99. The normalized spacial score (nSPS) is 25.4. The van der Waals surface area contributed by atoms with Crippen molar-refractivity contribution in [1.82, 2.24) is 15.5 Å². The zero-order chi connectivity index (χ0) is 13.7. The van der Waals surface area contributed by atoms with Gasteiger partial charge in [0.15, 0.2) is 0 Å². The summed E-state index contributed by atoms with van der Waals surface area (Å²) in [5, 5.41) is 6.24. The van der Waals surface area contributed by atoms with Gasteiger partial charge < -0.3 is 20.3 Å². The number of ether oxygens (including phenoxy) is 1. The first-order valence-corrected chi connectivity index (χ1v) is 6.99. The molecule has 0 spiro atoms. The summed E-state index contributed by atoms with van der Waals surface area (Å²) in [4.78, 5) is 24.9. The fraction of sp³-hybridized carbons (Fsp3) is 0.846. The van der Waals surface area contributed by atoms with E-state index in [1.165, 1.54) is 0 Å². The monoisotopic (exact) mass is 269 g/mol. The van der Waals surface area contributed by atoms with Gasteiger partial charge in [0.1, 0.15) is 0 Å². The van der Waals surface area contributed by atoms with Gasteiger partial charge in [0.2, 0.25) is 11.8 Å². The van der Waals surface area contributed by atoms with Crippen LogP contribution >= 0.6 is 0 Å². The number of rotatable bonds is 4. The van der Waals surface area contributed by atoms with Gasteiger partial charge in [0.25, 0.3) is 0 Å². The molecule has 0 aromatic heterocycles. The van der Waals surface area contributed by atoms with Crippen molar-refractivity contribution < 1.29 is 14.3 Å². The molecule has 0 aromatic rings. The van der Waals surface area contributed by atoms with Crippen LogP contribution in [0.2, 0.25) is 0 Å². The van der Waals surface area contributed by atoms with Crippen molar-refractivity contribution in [3.8, 4) is 0 Å². The molecular weight excluding hydrogens is 246 g/mol. The van der Waals surface area contributed by atoms with Crippen molar-refractivity contribution in [2.45, 2.75) is 37.8 Å². The zero-order valence-electron chi connectivity index (χ0n) is 11.5. The number of piperidine rings is 1. The molecule has 19 heavy (non-hydrogen) atoms. The van der Waals surface area contributed by atoms with Gasteiger partial charge >= 0.3 is 0 Å². The Balaban J connectivity index is 1.64. The van der Waals surface area contributed by atoms with Crippen LogP contribution in [0.4, 0.5) is 0 Å². The molecule has 6 nitrogen and oxygen atoms in total. The average molecular weight is 269 g/mol. The second kappa shape index (κ2) is 6.86. The van der Waals surface area contributed by atoms with E-state index in [0.717, 1.165) is 32.5 Å². The highest BCUT2D eigenvalue weighted by atomic mass is 16.5. The number of nitrogens with zero attached hydrogens (tertiary/aromatic N) is 1. The highest BCUT2D eigenvalue weighted by molar-refractivity contribution is 5.78. The Labute approximate surface area is 113 Å². The smallest absolute Gasteiger partial charge is 0.234 e. The zero-order valence-corrected chi connectivity index (χ0v) is 11.5. The molecule has 108 valence electrons. The number of carbonyl (C=O) groups is 2. The summed E-state index contributed by atoms with van der Waals surface area (Å²) in [6, 6.07) is 0.474. The van der Waals surface area contributed by atoms with Crippen molar-refractivity contribution >= 4 is 11.8 Å². The predicted molar refractivity (Wildman–Crippen MR) is 70.6 cm³/mol. The molecule has 1 unspecified atom stereocenters. The fourth-order valence-electron chi connectivity index (χ4n) is 2.54. The average Bonchev–Trinajstić information content (AvgIpc) is 2.41. The number of nitrogens with one attached hydrogen (secondary N) is 2. The fourth-order valence-corrected chi connectivity index (χ4v) is 2.54. The van der Waals surface area contributed by atoms with Gasteiger partial charge in [-0.1, -0.05) is 0 Å². The van der Waals surface area contributed by atoms with Crippen LogP contribution in [-0.4, -0.2) is 62.1 Å². The van der Waals surface area contributed by atoms with Crippen LogP contribution in [0.5, 0.6) is 0 Å². The van der Waals surface area contributed by atoms with Gasteiger partial charge in [-0.2, -0.15) is 0 Å². The Bertz CT molecular complexity index is 329. The number of amides is 2. The van der Waals surface area contributed by atoms with Crippen molar-refractivity contribution in [3.63, 3.8) is 0 Å². The van der Waals surface area contributed by atoms with E-state index in [9.17, 15) is 9.59 Å². The second-order valence-electron chi connectivity index (χ2n) is 5.34. The van der Waals surface area contributed by atoms with Crippen molar-refractivity contribution in [1.29, 1.82) is 0 Å². The molecule has 2 amide bonds. The third kappa shape index (κ3) is 4.47. The van der Waals surface area contributed by atoms with Gasteiger partial charge in [-0.15, -0.1) is 0 Å². The standard InChI is InChI=1S/C13H23N3O3/c1-16-9-11(2-3-13(16)18)14-8-12(17)15-10-4-6-19-7-5-10/h10-11,14H,2-9H2,1H3,(H,15,17). The summed E-state index contributed by atoms with van der Waals surface area (Å²) >= 11 is 0. The van der Waals surface area contributed by atoms with E-state index >= 15 is 0 Å². The van der Waals surface area contributed by atoms with E-state index in [1.54, 1.807) is 11.9 Å². The predicted octanol–water partition coefficient (Wildman–Crippen LogP) is -0.508. The lowest BCUT2D eigenvalue weighted by atomic mass is 10.1. The SMILES string of the molecule is CN1CC(NCC(=O)NC2CCOCC2)CCC1=O. The number of hydrogen-bond donors (Lipinski definition) is 2. The maximum Gasteiger partial charge on any atom is 0.234 e. The largest absolute Gasteiger partial charge is 0.381 e. The maximum absolute atomic E-state index is 11.8. The minimum atomic E-state index is 0.0338. The number of hydrogen-bond acceptors (Lipinski definition) is 4. The summed E-state index contributed by atoms with van der Waals surface area (Å²) in [7, 11) is 1.80. The Morgan fingerprint density at radius 2 is 2.05 bits per heavy atom. The molecule has 2 rings (SSSR count). The van der Waals surface area contributed by atoms with E-state index in [1.807, 2.05) is 0 Å². The Kier molecular flexibility index (Phi) is 5.15. The van der Waals surface area contributed by atoms with Gasteiger partial charge in [0, 0.05) is 45.3 Å². The lowest BCUT2D eigenvalue weighted by Gasteiger charge is -2.30. The summed E-state index contributed by atoms with van der Waals surface area (Å²) in [5.74, 6) is 0.219. The molecule has 2 saturated heterocycles. The molecule has 0 radical (unpaired) electrons. The topological polar surface area (TPSA) is 70.7 Å². The van der Waals surface area contributed by atoms with Crippen LogP contribution in [0.15, 0.2) is 0 Å². The molecule has 2 heterocycles. The third-order valence-corrected chi connectivity index (χ3v) is 3.76. The molecule has 0 aromatic carbocycles. The van der Waals surface area contributed by atoms with Gasteiger partial charge in [-0.25, -0.2) is 0 Å². The molecule has 0 bridgehead atoms. The molecule has 2 aliphatic heterocycles. The number of carbonyl (C=O) groups excluding carboxylic acids is 2. The molecule has 0 aliphatic carbocycles. The molecular formula is C13H23N3O3.